The molecule has 0 aliphatic heterocycles. The molecule has 0 bridgehead atoms. The van der Waals surface area contributed by atoms with E-state index in [9.17, 15) is 19.2 Å². The van der Waals surface area contributed by atoms with E-state index < -0.39 is 23.8 Å². The molecule has 0 fully saturated rings. The molecule has 0 aliphatic rings. The Morgan fingerprint density at radius 3 is 1.29 bits per heavy atom. The first-order valence-corrected chi connectivity index (χ1v) is 3.47. The summed E-state index contributed by atoms with van der Waals surface area (Å²) in [4.78, 5) is 40.6. The number of carbonyl (C=O) groups is 4. The first-order chi connectivity index (χ1) is 6.45. The fourth-order valence-corrected chi connectivity index (χ4v) is 0.503. The molecular formula is C6H8N2O6. The van der Waals surface area contributed by atoms with Crippen molar-refractivity contribution in [2.24, 2.45) is 0 Å². The van der Waals surface area contributed by atoms with Crippen LogP contribution in [0.4, 0.5) is 0 Å². The van der Waals surface area contributed by atoms with E-state index in [1.54, 1.807) is 0 Å². The molecular weight excluding hydrogens is 196 g/mol. The van der Waals surface area contributed by atoms with Gasteiger partial charge in [-0.15, -0.1) is 0 Å². The van der Waals surface area contributed by atoms with Gasteiger partial charge in [0.05, 0.1) is 0 Å². The zero-order chi connectivity index (χ0) is 11.1. The van der Waals surface area contributed by atoms with Gasteiger partial charge in [-0.3, -0.25) is 9.59 Å². The number of carbonyl (C=O) groups excluding carboxylic acids is 2. The topological polar surface area (TPSA) is 133 Å². The lowest BCUT2D eigenvalue weighted by atomic mass is 10.5. The highest BCUT2D eigenvalue weighted by Crippen LogP contribution is 1.68. The summed E-state index contributed by atoms with van der Waals surface area (Å²) in [7, 11) is 0. The summed E-state index contributed by atoms with van der Waals surface area (Å²) in [6, 6.07) is 0. The van der Waals surface area contributed by atoms with E-state index in [0.717, 1.165) is 0 Å². The highest BCUT2D eigenvalue weighted by atomic mass is 16.4. The smallest absolute Gasteiger partial charge is 0.394 e. The summed E-state index contributed by atoms with van der Waals surface area (Å²) in [5, 5.41) is 20.0. The van der Waals surface area contributed by atoms with Crippen molar-refractivity contribution in [3.8, 4) is 0 Å². The summed E-state index contributed by atoms with van der Waals surface area (Å²) < 4.78 is 0. The number of carboxylic acids is 2. The third kappa shape index (κ3) is 4.70. The molecule has 0 aromatic carbocycles. The SMILES string of the molecule is O=C(O)C(=O)NCCNC(=O)C(=O)O. The Balaban J connectivity index is 3.57. The van der Waals surface area contributed by atoms with Gasteiger partial charge in [-0.1, -0.05) is 0 Å². The Hall–Kier alpha value is -2.12. The van der Waals surface area contributed by atoms with Gasteiger partial charge in [0.2, 0.25) is 0 Å². The fourth-order valence-electron chi connectivity index (χ4n) is 0.503. The lowest BCUT2D eigenvalue weighted by Gasteiger charge is -2.02. The predicted octanol–water partition coefficient (Wildman–Crippen LogP) is -2.61. The standard InChI is InChI=1S/C6H8N2O6/c9-3(5(11)12)7-1-2-8-4(10)6(13)14/h1-2H2,(H,7,9)(H,8,10)(H,11,12)(H,13,14). The van der Waals surface area contributed by atoms with Crippen LogP contribution in [-0.4, -0.2) is 47.1 Å². The molecule has 2 amide bonds. The van der Waals surface area contributed by atoms with E-state index >= 15 is 0 Å². The molecule has 0 saturated heterocycles. The summed E-state index contributed by atoms with van der Waals surface area (Å²) >= 11 is 0. The molecule has 78 valence electrons. The molecule has 8 nitrogen and oxygen atoms in total. The van der Waals surface area contributed by atoms with Gasteiger partial charge in [-0.2, -0.15) is 0 Å². The van der Waals surface area contributed by atoms with Crippen molar-refractivity contribution >= 4 is 23.8 Å². The van der Waals surface area contributed by atoms with Crippen molar-refractivity contribution in [3.05, 3.63) is 0 Å². The van der Waals surface area contributed by atoms with Crippen molar-refractivity contribution in [1.29, 1.82) is 0 Å². The number of rotatable bonds is 3. The average molecular weight is 204 g/mol. The Labute approximate surface area is 77.9 Å². The van der Waals surface area contributed by atoms with E-state index in [-0.39, 0.29) is 13.1 Å². The third-order valence-corrected chi connectivity index (χ3v) is 1.08. The molecule has 0 aromatic heterocycles. The molecule has 0 rings (SSSR count). The fraction of sp³-hybridized carbons (Fsp3) is 0.333. The minimum absolute atomic E-state index is 0.149. The van der Waals surface area contributed by atoms with Gasteiger partial charge < -0.3 is 20.8 Å². The van der Waals surface area contributed by atoms with Gasteiger partial charge in [-0.05, 0) is 0 Å². The number of carboxylic acid groups (broad SMARTS) is 2. The van der Waals surface area contributed by atoms with E-state index in [0.29, 0.717) is 0 Å². The van der Waals surface area contributed by atoms with E-state index in [1.165, 1.54) is 0 Å². The zero-order valence-corrected chi connectivity index (χ0v) is 6.94. The lowest BCUT2D eigenvalue weighted by Crippen LogP contribution is -2.39. The summed E-state index contributed by atoms with van der Waals surface area (Å²) in [5.41, 5.74) is 0. The Bertz CT molecular complexity index is 245. The molecule has 0 atom stereocenters. The molecule has 0 heterocycles. The molecule has 0 spiro atoms. The van der Waals surface area contributed by atoms with Crippen molar-refractivity contribution in [1.82, 2.24) is 10.6 Å². The number of aliphatic carboxylic acids is 2. The van der Waals surface area contributed by atoms with Gasteiger partial charge in [0, 0.05) is 13.1 Å². The van der Waals surface area contributed by atoms with Gasteiger partial charge in [0.25, 0.3) is 0 Å². The second-order valence-corrected chi connectivity index (χ2v) is 2.12. The lowest BCUT2D eigenvalue weighted by molar-refractivity contribution is -0.150. The number of hydrogen-bond acceptors (Lipinski definition) is 4. The minimum atomic E-state index is -1.64. The Morgan fingerprint density at radius 2 is 1.07 bits per heavy atom. The van der Waals surface area contributed by atoms with Gasteiger partial charge in [0.15, 0.2) is 0 Å². The van der Waals surface area contributed by atoms with Crippen molar-refractivity contribution in [3.63, 3.8) is 0 Å². The number of nitrogens with one attached hydrogen (secondary N) is 2. The quantitative estimate of drug-likeness (QED) is 0.294. The molecule has 0 radical (unpaired) electrons. The normalized spacial score (nSPS) is 8.86. The van der Waals surface area contributed by atoms with Gasteiger partial charge >= 0.3 is 23.8 Å². The van der Waals surface area contributed by atoms with Crippen LogP contribution in [0.3, 0.4) is 0 Å². The van der Waals surface area contributed by atoms with Gasteiger partial charge in [0.1, 0.15) is 0 Å². The zero-order valence-electron chi connectivity index (χ0n) is 6.94. The third-order valence-electron chi connectivity index (χ3n) is 1.08. The van der Waals surface area contributed by atoms with Crippen LogP contribution in [0.25, 0.3) is 0 Å². The minimum Gasteiger partial charge on any atom is -0.474 e. The van der Waals surface area contributed by atoms with Crippen LogP contribution in [0.5, 0.6) is 0 Å². The van der Waals surface area contributed by atoms with E-state index in [4.69, 9.17) is 10.2 Å². The maximum atomic E-state index is 10.4. The number of amides is 2. The maximum Gasteiger partial charge on any atom is 0.394 e. The van der Waals surface area contributed by atoms with Crippen molar-refractivity contribution in [2.45, 2.75) is 0 Å². The molecule has 4 N–H and O–H groups in total. The van der Waals surface area contributed by atoms with E-state index in [2.05, 4.69) is 0 Å². The molecule has 0 unspecified atom stereocenters. The molecule has 0 aliphatic carbocycles. The van der Waals surface area contributed by atoms with E-state index in [1.807, 2.05) is 10.6 Å². The summed E-state index contributed by atoms with van der Waals surface area (Å²) in [6.07, 6.45) is 0. The first-order valence-electron chi connectivity index (χ1n) is 3.47. The number of hydrogen-bond donors (Lipinski definition) is 4. The average Bonchev–Trinajstić information content (AvgIpc) is 2.11. The summed E-state index contributed by atoms with van der Waals surface area (Å²) in [5.74, 6) is -5.71. The van der Waals surface area contributed by atoms with Crippen LogP contribution >= 0.6 is 0 Å². The van der Waals surface area contributed by atoms with Crippen molar-refractivity contribution < 1.29 is 29.4 Å². The van der Waals surface area contributed by atoms with Crippen LogP contribution in [0.1, 0.15) is 0 Å². The molecule has 14 heavy (non-hydrogen) atoms. The van der Waals surface area contributed by atoms with Crippen LogP contribution in [-0.2, 0) is 19.2 Å². The Morgan fingerprint density at radius 1 is 0.786 bits per heavy atom. The second kappa shape index (κ2) is 5.51. The van der Waals surface area contributed by atoms with Crippen LogP contribution in [0.15, 0.2) is 0 Å². The molecule has 0 aromatic rings. The first kappa shape index (κ1) is 11.9. The molecule has 0 saturated carbocycles. The highest BCUT2D eigenvalue weighted by molar-refractivity contribution is 6.32. The largest absolute Gasteiger partial charge is 0.474 e. The van der Waals surface area contributed by atoms with Crippen LogP contribution in [0, 0.1) is 0 Å². The highest BCUT2D eigenvalue weighted by Gasteiger charge is 2.11. The molecule has 8 heteroatoms. The summed E-state index contributed by atoms with van der Waals surface area (Å²) in [6.45, 7) is -0.297. The Kier molecular flexibility index (Phi) is 4.68. The van der Waals surface area contributed by atoms with Crippen LogP contribution in [0.2, 0.25) is 0 Å². The maximum absolute atomic E-state index is 10.4. The predicted molar refractivity (Wildman–Crippen MR) is 41.3 cm³/mol. The monoisotopic (exact) mass is 204 g/mol. The van der Waals surface area contributed by atoms with Crippen LogP contribution < -0.4 is 10.6 Å². The van der Waals surface area contributed by atoms with Crippen molar-refractivity contribution in [2.75, 3.05) is 13.1 Å². The second-order valence-electron chi connectivity index (χ2n) is 2.12. The van der Waals surface area contributed by atoms with Gasteiger partial charge in [-0.25, -0.2) is 9.59 Å².